The lowest BCUT2D eigenvalue weighted by atomic mass is 10.1. The summed E-state index contributed by atoms with van der Waals surface area (Å²) in [6.45, 7) is 6.71. The number of fused-ring (bicyclic) bond motifs is 1. The Labute approximate surface area is 173 Å². The maximum atomic E-state index is 12.4. The molecule has 30 heavy (non-hydrogen) atoms. The summed E-state index contributed by atoms with van der Waals surface area (Å²) in [7, 11) is 0. The van der Waals surface area contributed by atoms with Gasteiger partial charge >= 0.3 is 5.97 Å². The third kappa shape index (κ3) is 4.62. The van der Waals surface area contributed by atoms with E-state index in [1.54, 1.807) is 19.2 Å². The minimum atomic E-state index is -0.702. The van der Waals surface area contributed by atoms with Crippen LogP contribution in [0.3, 0.4) is 0 Å². The standard InChI is InChI=1S/C21H23N5O4/c1-12-8-13(2)19(14(3)9-12)24-16(27)10-23-17(28)11-30-21(29)18-15(4)25-26-7-5-6-22-20(18)26/h5-9H,10-11H2,1-4H3,(H,23,28)(H,24,27). The number of esters is 1. The third-order valence-electron chi connectivity index (χ3n) is 4.50. The molecule has 3 aromatic rings. The number of nitrogens with zero attached hydrogens (tertiary/aromatic N) is 3. The number of ether oxygens (including phenoxy) is 1. The zero-order chi connectivity index (χ0) is 21.8. The van der Waals surface area contributed by atoms with E-state index in [1.165, 1.54) is 10.7 Å². The molecule has 2 N–H and O–H groups in total. The van der Waals surface area contributed by atoms with Crippen LogP contribution in [0, 0.1) is 27.7 Å². The Balaban J connectivity index is 1.52. The van der Waals surface area contributed by atoms with Crippen molar-refractivity contribution in [1.29, 1.82) is 0 Å². The highest BCUT2D eigenvalue weighted by Crippen LogP contribution is 2.21. The number of carbonyl (C=O) groups is 3. The first kappa shape index (κ1) is 21.0. The first-order chi connectivity index (χ1) is 14.3. The topological polar surface area (TPSA) is 115 Å². The zero-order valence-corrected chi connectivity index (χ0v) is 17.3. The molecule has 0 aliphatic rings. The fraction of sp³-hybridized carbons (Fsp3) is 0.286. The second kappa shape index (κ2) is 8.73. The van der Waals surface area contributed by atoms with Crippen LogP contribution in [-0.2, 0) is 14.3 Å². The summed E-state index contributed by atoms with van der Waals surface area (Å²) in [5.41, 5.74) is 4.71. The Morgan fingerprint density at radius 3 is 2.47 bits per heavy atom. The first-order valence-corrected chi connectivity index (χ1v) is 9.37. The van der Waals surface area contributed by atoms with Crippen LogP contribution in [0.4, 0.5) is 5.69 Å². The number of nitrogens with one attached hydrogen (secondary N) is 2. The molecule has 9 nitrogen and oxygen atoms in total. The van der Waals surface area contributed by atoms with Crippen molar-refractivity contribution in [2.75, 3.05) is 18.5 Å². The van der Waals surface area contributed by atoms with Gasteiger partial charge in [-0.25, -0.2) is 14.3 Å². The molecule has 0 atom stereocenters. The summed E-state index contributed by atoms with van der Waals surface area (Å²) >= 11 is 0. The first-order valence-electron chi connectivity index (χ1n) is 9.37. The molecule has 0 fully saturated rings. The number of hydrogen-bond acceptors (Lipinski definition) is 6. The Hall–Kier alpha value is -3.75. The van der Waals surface area contributed by atoms with Crippen LogP contribution in [-0.4, -0.2) is 45.5 Å². The predicted octanol–water partition coefficient (Wildman–Crippen LogP) is 1.87. The van der Waals surface area contributed by atoms with Crippen LogP contribution in [0.5, 0.6) is 0 Å². The van der Waals surface area contributed by atoms with E-state index in [2.05, 4.69) is 20.7 Å². The average Bonchev–Trinajstić information content (AvgIpc) is 3.03. The van der Waals surface area contributed by atoms with E-state index in [9.17, 15) is 14.4 Å². The lowest BCUT2D eigenvalue weighted by Gasteiger charge is -2.13. The van der Waals surface area contributed by atoms with E-state index in [0.29, 0.717) is 11.3 Å². The number of benzene rings is 1. The van der Waals surface area contributed by atoms with Crippen molar-refractivity contribution in [2.45, 2.75) is 27.7 Å². The van der Waals surface area contributed by atoms with E-state index in [4.69, 9.17) is 4.74 Å². The van der Waals surface area contributed by atoms with Gasteiger partial charge in [-0.2, -0.15) is 5.10 Å². The maximum Gasteiger partial charge on any atom is 0.344 e. The quantitative estimate of drug-likeness (QED) is 0.601. The van der Waals surface area contributed by atoms with Crippen LogP contribution in [0.1, 0.15) is 32.7 Å². The fourth-order valence-electron chi connectivity index (χ4n) is 3.23. The summed E-state index contributed by atoms with van der Waals surface area (Å²) in [5, 5.41) is 9.42. The van der Waals surface area contributed by atoms with Crippen molar-refractivity contribution in [1.82, 2.24) is 19.9 Å². The predicted molar refractivity (Wildman–Crippen MR) is 110 cm³/mol. The summed E-state index contributed by atoms with van der Waals surface area (Å²) in [4.78, 5) is 40.6. The fourth-order valence-corrected chi connectivity index (χ4v) is 3.23. The van der Waals surface area contributed by atoms with Crippen molar-refractivity contribution >= 4 is 29.1 Å². The third-order valence-corrected chi connectivity index (χ3v) is 4.50. The number of aryl methyl sites for hydroxylation is 4. The smallest absolute Gasteiger partial charge is 0.344 e. The van der Waals surface area contributed by atoms with E-state index in [0.717, 1.165) is 22.4 Å². The number of amides is 2. The monoisotopic (exact) mass is 409 g/mol. The van der Waals surface area contributed by atoms with Gasteiger partial charge in [0.2, 0.25) is 5.91 Å². The van der Waals surface area contributed by atoms with Crippen molar-refractivity contribution in [2.24, 2.45) is 0 Å². The van der Waals surface area contributed by atoms with Crippen LogP contribution < -0.4 is 10.6 Å². The van der Waals surface area contributed by atoms with Gasteiger partial charge in [-0.05, 0) is 44.9 Å². The Morgan fingerprint density at radius 2 is 1.77 bits per heavy atom. The number of rotatable bonds is 6. The summed E-state index contributed by atoms with van der Waals surface area (Å²) < 4.78 is 6.53. The van der Waals surface area contributed by atoms with Gasteiger partial charge in [0.1, 0.15) is 5.56 Å². The minimum absolute atomic E-state index is 0.200. The van der Waals surface area contributed by atoms with Gasteiger partial charge in [-0.3, -0.25) is 9.59 Å². The molecule has 156 valence electrons. The lowest BCUT2D eigenvalue weighted by Crippen LogP contribution is -2.35. The highest BCUT2D eigenvalue weighted by atomic mass is 16.5. The molecule has 0 saturated heterocycles. The summed E-state index contributed by atoms with van der Waals surface area (Å²) in [5.74, 6) is -1.66. The highest BCUT2D eigenvalue weighted by Gasteiger charge is 2.20. The Bertz CT molecular complexity index is 1110. The lowest BCUT2D eigenvalue weighted by molar-refractivity contribution is -0.126. The molecule has 3 rings (SSSR count). The van der Waals surface area contributed by atoms with Crippen LogP contribution >= 0.6 is 0 Å². The van der Waals surface area contributed by atoms with Gasteiger partial charge in [-0.15, -0.1) is 0 Å². The zero-order valence-electron chi connectivity index (χ0n) is 17.3. The average molecular weight is 409 g/mol. The molecule has 0 unspecified atom stereocenters. The van der Waals surface area contributed by atoms with Gasteiger partial charge in [0.05, 0.1) is 12.2 Å². The summed E-state index contributed by atoms with van der Waals surface area (Å²) in [6, 6.07) is 5.63. The number of hydrogen-bond donors (Lipinski definition) is 2. The molecule has 0 aliphatic carbocycles. The second-order valence-corrected chi connectivity index (χ2v) is 7.02. The Kier molecular flexibility index (Phi) is 6.10. The van der Waals surface area contributed by atoms with Crippen LogP contribution in [0.2, 0.25) is 0 Å². The molecule has 9 heteroatoms. The van der Waals surface area contributed by atoms with Crippen molar-refractivity contribution in [3.63, 3.8) is 0 Å². The molecule has 1 aromatic carbocycles. The Morgan fingerprint density at radius 1 is 1.07 bits per heavy atom. The molecule has 0 radical (unpaired) electrons. The second-order valence-electron chi connectivity index (χ2n) is 7.02. The number of aromatic nitrogens is 3. The van der Waals surface area contributed by atoms with E-state index in [-0.39, 0.29) is 18.0 Å². The molecule has 0 aliphatic heterocycles. The minimum Gasteiger partial charge on any atom is -0.452 e. The number of anilines is 1. The van der Waals surface area contributed by atoms with Gasteiger partial charge in [0, 0.05) is 18.1 Å². The van der Waals surface area contributed by atoms with E-state index < -0.39 is 18.5 Å². The SMILES string of the molecule is Cc1cc(C)c(NC(=O)CNC(=O)COC(=O)c2c(C)nn3cccnc23)c(C)c1. The molecule has 2 amide bonds. The van der Waals surface area contributed by atoms with Crippen LogP contribution in [0.25, 0.3) is 5.65 Å². The van der Waals surface area contributed by atoms with Crippen molar-refractivity contribution in [3.8, 4) is 0 Å². The largest absolute Gasteiger partial charge is 0.452 e. The molecule has 0 spiro atoms. The van der Waals surface area contributed by atoms with E-state index in [1.807, 2.05) is 32.9 Å². The van der Waals surface area contributed by atoms with Gasteiger partial charge < -0.3 is 15.4 Å². The van der Waals surface area contributed by atoms with Gasteiger partial charge in [0.25, 0.3) is 5.91 Å². The summed E-state index contributed by atoms with van der Waals surface area (Å²) in [6.07, 6.45) is 3.20. The van der Waals surface area contributed by atoms with Gasteiger partial charge in [0.15, 0.2) is 12.3 Å². The molecule has 2 heterocycles. The molecule has 2 aromatic heterocycles. The van der Waals surface area contributed by atoms with Crippen molar-refractivity contribution < 1.29 is 19.1 Å². The molecule has 0 bridgehead atoms. The molecule has 0 saturated carbocycles. The van der Waals surface area contributed by atoms with Crippen molar-refractivity contribution in [3.05, 3.63) is 58.5 Å². The van der Waals surface area contributed by atoms with Gasteiger partial charge in [-0.1, -0.05) is 17.7 Å². The van der Waals surface area contributed by atoms with Crippen LogP contribution in [0.15, 0.2) is 30.6 Å². The molecular weight excluding hydrogens is 386 g/mol. The van der Waals surface area contributed by atoms with E-state index >= 15 is 0 Å². The maximum absolute atomic E-state index is 12.4. The molecular formula is C21H23N5O4. The normalized spacial score (nSPS) is 10.7. The highest BCUT2D eigenvalue weighted by molar-refractivity contribution is 5.99. The number of carbonyl (C=O) groups excluding carboxylic acids is 3.